The molecule has 0 aliphatic rings. The number of pyridine rings is 1. The smallest absolute Gasteiger partial charge is 0.138 e. The predicted octanol–water partition coefficient (Wildman–Crippen LogP) is 1.73. The molecule has 0 saturated heterocycles. The van der Waals surface area contributed by atoms with Gasteiger partial charge < -0.3 is 10.5 Å². The third kappa shape index (κ3) is 2.51. The van der Waals surface area contributed by atoms with Gasteiger partial charge in [-0.05, 0) is 19.9 Å². The number of hydrogen-bond acceptors (Lipinski definition) is 4. The minimum atomic E-state index is 0.130. The van der Waals surface area contributed by atoms with Gasteiger partial charge in [0.2, 0.25) is 0 Å². The molecule has 18 heavy (non-hydrogen) atoms. The van der Waals surface area contributed by atoms with Crippen molar-refractivity contribution in [1.82, 2.24) is 14.8 Å². The zero-order valence-corrected chi connectivity index (χ0v) is 10.9. The summed E-state index contributed by atoms with van der Waals surface area (Å²) in [5.41, 5.74) is 8.70. The Hall–Kier alpha value is -1.88. The molecule has 96 valence electrons. The van der Waals surface area contributed by atoms with Crippen LogP contribution < -0.4 is 10.5 Å². The summed E-state index contributed by atoms with van der Waals surface area (Å²) in [5, 5.41) is 4.22. The molecular weight excluding hydrogens is 228 g/mol. The summed E-state index contributed by atoms with van der Waals surface area (Å²) in [6, 6.07) is 1.96. The molecule has 0 atom stereocenters. The summed E-state index contributed by atoms with van der Waals surface area (Å²) in [6.07, 6.45) is 5.44. The fourth-order valence-corrected chi connectivity index (χ4v) is 1.85. The van der Waals surface area contributed by atoms with E-state index in [2.05, 4.69) is 10.1 Å². The third-order valence-electron chi connectivity index (χ3n) is 2.65. The molecule has 0 amide bonds. The molecule has 0 fully saturated rings. The summed E-state index contributed by atoms with van der Waals surface area (Å²) in [6.45, 7) is 4.42. The van der Waals surface area contributed by atoms with Crippen LogP contribution in [0.3, 0.4) is 0 Å². The van der Waals surface area contributed by atoms with E-state index in [0.29, 0.717) is 6.54 Å². The van der Waals surface area contributed by atoms with Gasteiger partial charge in [-0.25, -0.2) is 0 Å². The molecule has 5 nitrogen and oxygen atoms in total. The number of aryl methyl sites for hydroxylation is 1. The number of ether oxygens (including phenoxy) is 1. The van der Waals surface area contributed by atoms with Gasteiger partial charge in [0, 0.05) is 30.9 Å². The molecule has 0 saturated carbocycles. The average molecular weight is 246 g/mol. The van der Waals surface area contributed by atoms with E-state index in [1.165, 1.54) is 0 Å². The molecule has 0 spiro atoms. The van der Waals surface area contributed by atoms with Gasteiger partial charge in [0.15, 0.2) is 0 Å². The molecule has 5 heteroatoms. The summed E-state index contributed by atoms with van der Waals surface area (Å²) < 4.78 is 7.42. The van der Waals surface area contributed by atoms with E-state index in [-0.39, 0.29) is 6.10 Å². The highest BCUT2D eigenvalue weighted by Crippen LogP contribution is 2.25. The molecule has 2 aromatic rings. The Kier molecular flexibility index (Phi) is 3.62. The average Bonchev–Trinajstić information content (AvgIpc) is 2.70. The van der Waals surface area contributed by atoms with Gasteiger partial charge in [-0.15, -0.1) is 0 Å². The lowest BCUT2D eigenvalue weighted by Gasteiger charge is -2.10. The maximum atomic E-state index is 5.74. The molecule has 2 N–H and O–H groups in total. The van der Waals surface area contributed by atoms with E-state index in [9.17, 15) is 0 Å². The lowest BCUT2D eigenvalue weighted by molar-refractivity contribution is 0.241. The Balaban J connectivity index is 2.38. The van der Waals surface area contributed by atoms with Crippen molar-refractivity contribution in [2.45, 2.75) is 26.5 Å². The van der Waals surface area contributed by atoms with E-state index >= 15 is 0 Å². The van der Waals surface area contributed by atoms with Gasteiger partial charge >= 0.3 is 0 Å². The fourth-order valence-electron chi connectivity index (χ4n) is 1.85. The first-order valence-corrected chi connectivity index (χ1v) is 5.95. The first kappa shape index (κ1) is 12.6. The number of aromatic nitrogens is 3. The van der Waals surface area contributed by atoms with E-state index in [1.807, 2.05) is 27.0 Å². The van der Waals surface area contributed by atoms with E-state index < -0.39 is 0 Å². The fraction of sp³-hybridized carbons (Fsp3) is 0.385. The Morgan fingerprint density at radius 1 is 1.33 bits per heavy atom. The quantitative estimate of drug-likeness (QED) is 0.892. The van der Waals surface area contributed by atoms with Crippen molar-refractivity contribution in [3.63, 3.8) is 0 Å². The van der Waals surface area contributed by atoms with E-state index in [4.69, 9.17) is 10.5 Å². The highest BCUT2D eigenvalue weighted by atomic mass is 16.5. The highest BCUT2D eigenvalue weighted by Gasteiger charge is 2.10. The van der Waals surface area contributed by atoms with Crippen LogP contribution in [0.1, 0.15) is 19.5 Å². The maximum absolute atomic E-state index is 5.74. The number of nitrogens with zero attached hydrogens (tertiary/aromatic N) is 3. The standard InChI is InChI=1S/C13H18N4O/c1-9(2)18-11-4-10(6-15-7-11)12-8-16-17(3)13(12)5-14/h4,6-9H,5,14H2,1-3H3. The van der Waals surface area contributed by atoms with Crippen molar-refractivity contribution in [3.8, 4) is 16.9 Å². The van der Waals surface area contributed by atoms with Crippen molar-refractivity contribution < 1.29 is 4.74 Å². The minimum Gasteiger partial charge on any atom is -0.489 e. The zero-order chi connectivity index (χ0) is 13.1. The second kappa shape index (κ2) is 5.18. The molecule has 2 aromatic heterocycles. The van der Waals surface area contributed by atoms with Crippen LogP contribution in [-0.2, 0) is 13.6 Å². The lowest BCUT2D eigenvalue weighted by Crippen LogP contribution is -2.07. The van der Waals surface area contributed by atoms with Crippen LogP contribution in [0.4, 0.5) is 0 Å². The molecule has 0 unspecified atom stereocenters. The Bertz CT molecular complexity index is 534. The van der Waals surface area contributed by atoms with Crippen LogP contribution in [0, 0.1) is 0 Å². The molecule has 0 aromatic carbocycles. The molecule has 0 radical (unpaired) electrons. The van der Waals surface area contributed by atoms with Crippen LogP contribution in [0.15, 0.2) is 24.7 Å². The second-order valence-corrected chi connectivity index (χ2v) is 4.41. The van der Waals surface area contributed by atoms with Crippen molar-refractivity contribution in [2.24, 2.45) is 12.8 Å². The third-order valence-corrected chi connectivity index (χ3v) is 2.65. The van der Waals surface area contributed by atoms with Crippen molar-refractivity contribution in [2.75, 3.05) is 0 Å². The summed E-state index contributed by atoms with van der Waals surface area (Å²) >= 11 is 0. The Morgan fingerprint density at radius 3 is 2.78 bits per heavy atom. The molecular formula is C13H18N4O. The van der Waals surface area contributed by atoms with E-state index in [1.54, 1.807) is 23.3 Å². The minimum absolute atomic E-state index is 0.130. The van der Waals surface area contributed by atoms with Gasteiger partial charge in [-0.1, -0.05) is 0 Å². The van der Waals surface area contributed by atoms with Crippen LogP contribution >= 0.6 is 0 Å². The molecule has 2 heterocycles. The van der Waals surface area contributed by atoms with E-state index in [0.717, 1.165) is 22.6 Å². The molecule has 0 bridgehead atoms. The predicted molar refractivity (Wildman–Crippen MR) is 70.1 cm³/mol. The van der Waals surface area contributed by atoms with Crippen molar-refractivity contribution in [1.29, 1.82) is 0 Å². The SMILES string of the molecule is CC(C)Oc1cncc(-c2cnn(C)c2CN)c1. The van der Waals surface area contributed by atoms with Gasteiger partial charge in [0.1, 0.15) is 5.75 Å². The van der Waals surface area contributed by atoms with Crippen molar-refractivity contribution in [3.05, 3.63) is 30.4 Å². The van der Waals surface area contributed by atoms with Crippen molar-refractivity contribution >= 4 is 0 Å². The number of hydrogen-bond donors (Lipinski definition) is 1. The first-order chi connectivity index (χ1) is 8.61. The molecule has 0 aliphatic carbocycles. The highest BCUT2D eigenvalue weighted by molar-refractivity contribution is 5.65. The molecule has 0 aliphatic heterocycles. The number of nitrogens with two attached hydrogens (primary N) is 1. The Labute approximate surface area is 107 Å². The van der Waals surface area contributed by atoms with Gasteiger partial charge in [0.05, 0.1) is 24.2 Å². The monoisotopic (exact) mass is 246 g/mol. The normalized spacial score (nSPS) is 10.9. The summed E-state index contributed by atoms with van der Waals surface area (Å²) in [7, 11) is 1.88. The Morgan fingerprint density at radius 2 is 2.11 bits per heavy atom. The number of rotatable bonds is 4. The van der Waals surface area contributed by atoms with Crippen LogP contribution in [0.25, 0.3) is 11.1 Å². The first-order valence-electron chi connectivity index (χ1n) is 5.95. The van der Waals surface area contributed by atoms with Gasteiger partial charge in [-0.2, -0.15) is 5.10 Å². The molecule has 2 rings (SSSR count). The topological polar surface area (TPSA) is 66.0 Å². The van der Waals surface area contributed by atoms with Crippen LogP contribution in [0.2, 0.25) is 0 Å². The van der Waals surface area contributed by atoms with Gasteiger partial charge in [-0.3, -0.25) is 9.67 Å². The maximum Gasteiger partial charge on any atom is 0.138 e. The zero-order valence-electron chi connectivity index (χ0n) is 10.9. The van der Waals surface area contributed by atoms with Crippen LogP contribution in [0.5, 0.6) is 5.75 Å². The summed E-state index contributed by atoms with van der Waals surface area (Å²) in [5.74, 6) is 0.759. The summed E-state index contributed by atoms with van der Waals surface area (Å²) in [4.78, 5) is 4.20. The second-order valence-electron chi connectivity index (χ2n) is 4.41. The van der Waals surface area contributed by atoms with Gasteiger partial charge in [0.25, 0.3) is 0 Å². The largest absolute Gasteiger partial charge is 0.489 e. The van der Waals surface area contributed by atoms with Crippen LogP contribution in [-0.4, -0.2) is 20.9 Å². The lowest BCUT2D eigenvalue weighted by atomic mass is 10.1.